The minimum Gasteiger partial charge on any atom is -0.185 e. The number of nitriles is 1. The molecule has 0 saturated carbocycles. The van der Waals surface area contributed by atoms with Gasteiger partial charge in [0.25, 0.3) is 0 Å². The van der Waals surface area contributed by atoms with Gasteiger partial charge in [-0.1, -0.05) is 27.8 Å². The van der Waals surface area contributed by atoms with Crippen LogP contribution in [0.15, 0.2) is 0 Å². The number of halogens is 1. The van der Waals surface area contributed by atoms with E-state index in [1.54, 1.807) is 0 Å². The smallest absolute Gasteiger partial charge is 0.134 e. The van der Waals surface area contributed by atoms with Crippen molar-refractivity contribution in [3.8, 4) is 17.2 Å². The monoisotopic (exact) mass is 189 g/mol. The van der Waals surface area contributed by atoms with Gasteiger partial charge in [-0.25, -0.2) is 0 Å². The normalized spacial score (nSPS) is 6.50. The number of thiocyanates is 1. The molecule has 0 aromatic heterocycles. The Morgan fingerprint density at radius 2 is 2.25 bits per heavy atom. The zero-order valence-corrected chi connectivity index (χ0v) is 6.55. The fourth-order valence-electron chi connectivity index (χ4n) is 0.167. The third-order valence-electron chi connectivity index (χ3n) is 0.401. The maximum Gasteiger partial charge on any atom is 0.134 e. The van der Waals surface area contributed by atoms with E-state index >= 15 is 0 Å². The van der Waals surface area contributed by atoms with Gasteiger partial charge in [0.2, 0.25) is 0 Å². The molecule has 8 heavy (non-hydrogen) atoms. The van der Waals surface area contributed by atoms with E-state index < -0.39 is 0 Å². The molecule has 0 heterocycles. The van der Waals surface area contributed by atoms with Crippen molar-refractivity contribution < 1.29 is 0 Å². The van der Waals surface area contributed by atoms with Crippen molar-refractivity contribution in [3.63, 3.8) is 0 Å². The van der Waals surface area contributed by atoms with Crippen LogP contribution in [-0.2, 0) is 0 Å². The molecule has 0 N–H and O–H groups in total. The van der Waals surface area contributed by atoms with E-state index in [1.807, 2.05) is 5.40 Å². The lowest BCUT2D eigenvalue weighted by Gasteiger charge is -1.71. The fraction of sp³-hybridized carbons (Fsp3) is 0.400. The van der Waals surface area contributed by atoms with Crippen LogP contribution >= 0.6 is 27.7 Å². The van der Waals surface area contributed by atoms with E-state index in [1.165, 1.54) is 0 Å². The highest BCUT2D eigenvalue weighted by Crippen LogP contribution is 1.91. The molecule has 0 amide bonds. The molecule has 0 fully saturated rings. The summed E-state index contributed by atoms with van der Waals surface area (Å²) in [5.41, 5.74) is 0. The quantitative estimate of drug-likeness (QED) is 0.271. The van der Waals surface area contributed by atoms with E-state index in [0.29, 0.717) is 11.1 Å². The van der Waals surface area contributed by atoms with Crippen LogP contribution in [0.2, 0.25) is 0 Å². The summed E-state index contributed by atoms with van der Waals surface area (Å²) in [6.45, 7) is 0. The van der Waals surface area contributed by atoms with Crippen molar-refractivity contribution in [1.29, 1.82) is 5.26 Å². The summed E-state index contributed by atoms with van der Waals surface area (Å²) in [7, 11) is 0. The summed E-state index contributed by atoms with van der Waals surface area (Å²) in [5.74, 6) is 6.17. The molecule has 1 nitrogen and oxygen atoms in total. The lowest BCUT2D eigenvalue weighted by molar-refractivity contribution is 1.57. The lowest BCUT2D eigenvalue weighted by Crippen LogP contribution is -1.66. The molecule has 42 valence electrons. The Balaban J connectivity index is 3.06. The molecule has 0 aliphatic rings. The van der Waals surface area contributed by atoms with E-state index in [-0.39, 0.29) is 0 Å². The van der Waals surface area contributed by atoms with Crippen LogP contribution in [0.3, 0.4) is 0 Å². The van der Waals surface area contributed by atoms with Crippen molar-refractivity contribution in [2.24, 2.45) is 0 Å². The molecule has 0 unspecified atom stereocenters. The molecular formula is C5H4BrNS. The summed E-state index contributed by atoms with van der Waals surface area (Å²) in [6, 6.07) is 0. The first kappa shape index (κ1) is 7.88. The van der Waals surface area contributed by atoms with Gasteiger partial charge in [-0.3, -0.25) is 0 Å². The van der Waals surface area contributed by atoms with Gasteiger partial charge in [-0.15, -0.1) is 0 Å². The second-order valence-corrected chi connectivity index (χ2v) is 2.19. The third-order valence-corrected chi connectivity index (χ3v) is 1.10. The minimum absolute atomic E-state index is 0.613. The molecule has 0 bridgehead atoms. The SMILES string of the molecule is N#CSCC#CCBr. The number of nitrogens with zero attached hydrogens (tertiary/aromatic N) is 1. The first-order valence-electron chi connectivity index (χ1n) is 1.94. The Morgan fingerprint density at radius 3 is 2.75 bits per heavy atom. The lowest BCUT2D eigenvalue weighted by atomic mass is 10.7. The molecule has 0 atom stereocenters. The van der Waals surface area contributed by atoms with E-state index in [4.69, 9.17) is 5.26 Å². The number of hydrogen-bond donors (Lipinski definition) is 0. The number of rotatable bonds is 1. The Labute approximate surface area is 61.6 Å². The summed E-state index contributed by atoms with van der Waals surface area (Å²) in [5, 5.41) is 10.6. The van der Waals surface area contributed by atoms with Gasteiger partial charge in [0, 0.05) is 0 Å². The molecular weight excluding hydrogens is 186 g/mol. The van der Waals surface area contributed by atoms with Crippen LogP contribution in [0.1, 0.15) is 0 Å². The third kappa shape index (κ3) is 5.88. The summed E-state index contributed by atoms with van der Waals surface area (Å²) in [4.78, 5) is 0. The Morgan fingerprint density at radius 1 is 1.50 bits per heavy atom. The Hall–Kier alpha value is -0.120. The predicted octanol–water partition coefficient (Wildman–Crippen LogP) is 1.60. The van der Waals surface area contributed by atoms with Gasteiger partial charge >= 0.3 is 0 Å². The summed E-state index contributed by atoms with van der Waals surface area (Å²) in [6.07, 6.45) is 0. The van der Waals surface area contributed by atoms with Gasteiger partial charge < -0.3 is 0 Å². The molecule has 0 radical (unpaired) electrons. The minimum atomic E-state index is 0.613. The number of alkyl halides is 1. The highest BCUT2D eigenvalue weighted by atomic mass is 79.9. The Kier molecular flexibility index (Phi) is 6.78. The molecule has 0 aliphatic carbocycles. The topological polar surface area (TPSA) is 23.8 Å². The van der Waals surface area contributed by atoms with Crippen molar-refractivity contribution >= 4 is 27.7 Å². The summed E-state index contributed by atoms with van der Waals surface area (Å²) < 4.78 is 0. The van der Waals surface area contributed by atoms with E-state index in [0.717, 1.165) is 11.8 Å². The Bertz CT molecular complexity index is 139. The number of thioether (sulfide) groups is 1. The maximum atomic E-state index is 8.00. The maximum absolute atomic E-state index is 8.00. The van der Waals surface area contributed by atoms with Crippen molar-refractivity contribution in [3.05, 3.63) is 0 Å². The van der Waals surface area contributed by atoms with Gasteiger partial charge in [0.1, 0.15) is 5.40 Å². The fourth-order valence-corrected chi connectivity index (χ4v) is 0.604. The average Bonchev–Trinajstić information content (AvgIpc) is 1.81. The molecule has 0 aliphatic heterocycles. The first-order valence-corrected chi connectivity index (χ1v) is 4.05. The number of hydrogen-bond acceptors (Lipinski definition) is 2. The highest BCUT2D eigenvalue weighted by molar-refractivity contribution is 9.09. The molecule has 0 aromatic carbocycles. The van der Waals surface area contributed by atoms with E-state index in [2.05, 4.69) is 27.8 Å². The van der Waals surface area contributed by atoms with Crippen LogP contribution < -0.4 is 0 Å². The largest absolute Gasteiger partial charge is 0.185 e. The molecule has 0 aromatic rings. The first-order chi connectivity index (χ1) is 3.91. The predicted molar refractivity (Wildman–Crippen MR) is 39.6 cm³/mol. The highest BCUT2D eigenvalue weighted by Gasteiger charge is 1.72. The summed E-state index contributed by atoms with van der Waals surface area (Å²) >= 11 is 4.29. The second kappa shape index (κ2) is 6.88. The van der Waals surface area contributed by atoms with Gasteiger partial charge in [0.05, 0.1) is 11.1 Å². The zero-order valence-electron chi connectivity index (χ0n) is 4.15. The van der Waals surface area contributed by atoms with Crippen LogP contribution in [0.25, 0.3) is 0 Å². The van der Waals surface area contributed by atoms with E-state index in [9.17, 15) is 0 Å². The zero-order chi connectivity index (χ0) is 6.24. The second-order valence-electron chi connectivity index (χ2n) is 0.867. The van der Waals surface area contributed by atoms with Crippen LogP contribution in [0.4, 0.5) is 0 Å². The molecule has 0 spiro atoms. The van der Waals surface area contributed by atoms with Gasteiger partial charge in [-0.05, 0) is 11.8 Å². The van der Waals surface area contributed by atoms with Crippen LogP contribution in [0.5, 0.6) is 0 Å². The van der Waals surface area contributed by atoms with Gasteiger partial charge in [-0.2, -0.15) is 5.26 Å². The molecule has 0 rings (SSSR count). The van der Waals surface area contributed by atoms with Crippen molar-refractivity contribution in [2.45, 2.75) is 0 Å². The average molecular weight is 190 g/mol. The van der Waals surface area contributed by atoms with Gasteiger partial charge in [0.15, 0.2) is 0 Å². The van der Waals surface area contributed by atoms with Crippen LogP contribution in [-0.4, -0.2) is 11.1 Å². The van der Waals surface area contributed by atoms with Crippen molar-refractivity contribution in [2.75, 3.05) is 11.1 Å². The van der Waals surface area contributed by atoms with Crippen molar-refractivity contribution in [1.82, 2.24) is 0 Å². The molecule has 3 heteroatoms. The molecule has 0 saturated heterocycles. The van der Waals surface area contributed by atoms with Crippen LogP contribution in [0, 0.1) is 22.5 Å². The standard InChI is InChI=1S/C5H4BrNS/c6-3-1-2-4-8-5-7/h3-4H2.